The molecular formula is C14H14N6S2. The monoisotopic (exact) mass is 330 g/mol. The average Bonchev–Trinajstić information content (AvgIpc) is 2.85. The number of rotatable bonds is 2. The zero-order valence-electron chi connectivity index (χ0n) is 12.1. The normalized spacial score (nSPS) is 20.2. The van der Waals surface area contributed by atoms with Gasteiger partial charge in [-0.2, -0.15) is 5.26 Å². The van der Waals surface area contributed by atoms with Gasteiger partial charge in [0.2, 0.25) is 0 Å². The number of hydrogen-bond acceptors (Lipinski definition) is 7. The van der Waals surface area contributed by atoms with E-state index in [2.05, 4.69) is 16.5 Å². The van der Waals surface area contributed by atoms with Crippen LogP contribution in [-0.4, -0.2) is 28.6 Å². The number of thioether (sulfide) groups is 1. The van der Waals surface area contributed by atoms with E-state index in [1.165, 1.54) is 11.8 Å². The topological polar surface area (TPSA) is 80.7 Å². The number of anilines is 1. The van der Waals surface area contributed by atoms with Crippen LogP contribution in [0.2, 0.25) is 0 Å². The summed E-state index contributed by atoms with van der Waals surface area (Å²) in [5.41, 5.74) is 11.5. The fraction of sp³-hybridized carbons (Fsp3) is 0.214. The van der Waals surface area contributed by atoms with Crippen molar-refractivity contribution in [3.8, 4) is 6.07 Å². The SMILES string of the molecule is CN(C)c1ccc(C2C(C#N)=C(N)N=C3SC(=S)NN32)cc1. The van der Waals surface area contributed by atoms with Crippen molar-refractivity contribution in [2.24, 2.45) is 10.7 Å². The highest BCUT2D eigenvalue weighted by Crippen LogP contribution is 2.37. The van der Waals surface area contributed by atoms with Gasteiger partial charge in [-0.15, -0.1) is 0 Å². The summed E-state index contributed by atoms with van der Waals surface area (Å²) in [5, 5.41) is 11.9. The number of fused-ring (bicyclic) bond motifs is 1. The minimum absolute atomic E-state index is 0.245. The lowest BCUT2D eigenvalue weighted by Gasteiger charge is -2.31. The van der Waals surface area contributed by atoms with Crippen LogP contribution in [0, 0.1) is 11.3 Å². The molecule has 1 atom stereocenters. The van der Waals surface area contributed by atoms with Crippen molar-refractivity contribution in [2.75, 3.05) is 19.0 Å². The van der Waals surface area contributed by atoms with Crippen LogP contribution >= 0.6 is 24.0 Å². The first kappa shape index (κ1) is 14.7. The number of hydrogen-bond donors (Lipinski definition) is 2. The summed E-state index contributed by atoms with van der Waals surface area (Å²) < 4.78 is 0.598. The largest absolute Gasteiger partial charge is 0.383 e. The molecule has 8 heteroatoms. The van der Waals surface area contributed by atoms with Crippen molar-refractivity contribution < 1.29 is 0 Å². The van der Waals surface area contributed by atoms with Gasteiger partial charge in [0.25, 0.3) is 0 Å². The Morgan fingerprint density at radius 2 is 2.09 bits per heavy atom. The quantitative estimate of drug-likeness (QED) is 0.799. The Balaban J connectivity index is 2.05. The molecule has 2 heterocycles. The molecule has 6 nitrogen and oxygen atoms in total. The molecule has 3 N–H and O–H groups in total. The van der Waals surface area contributed by atoms with Crippen molar-refractivity contribution in [3.63, 3.8) is 0 Å². The molecule has 3 rings (SSSR count). The standard InChI is InChI=1S/C14H14N6S2/c1-19(2)9-5-3-8(4-6-9)11-10(7-15)12(16)17-13-20(11)18-14(21)22-13/h3-6,11H,16H2,1-2H3,(H,18,21). The first-order valence-electron chi connectivity index (χ1n) is 6.54. The molecule has 2 aliphatic heterocycles. The van der Waals surface area contributed by atoms with E-state index in [9.17, 15) is 5.26 Å². The van der Waals surface area contributed by atoms with Crippen molar-refractivity contribution in [3.05, 3.63) is 41.2 Å². The first-order valence-corrected chi connectivity index (χ1v) is 7.77. The molecule has 1 unspecified atom stereocenters. The second kappa shape index (κ2) is 5.51. The molecule has 0 radical (unpaired) electrons. The van der Waals surface area contributed by atoms with Gasteiger partial charge in [0.05, 0.1) is 0 Å². The van der Waals surface area contributed by atoms with Crippen molar-refractivity contribution in [1.82, 2.24) is 10.4 Å². The van der Waals surface area contributed by atoms with E-state index in [1.54, 1.807) is 5.01 Å². The fourth-order valence-electron chi connectivity index (χ4n) is 2.37. The van der Waals surface area contributed by atoms with Gasteiger partial charge in [-0.1, -0.05) is 24.4 Å². The number of hydrazine groups is 1. The highest BCUT2D eigenvalue weighted by molar-refractivity contribution is 8.33. The van der Waals surface area contributed by atoms with Gasteiger partial charge in [-0.25, -0.2) is 4.99 Å². The molecule has 22 heavy (non-hydrogen) atoms. The van der Waals surface area contributed by atoms with Crippen LogP contribution in [0.5, 0.6) is 0 Å². The van der Waals surface area contributed by atoms with Crippen LogP contribution in [0.4, 0.5) is 5.69 Å². The second-order valence-corrected chi connectivity index (χ2v) is 6.71. The zero-order valence-corrected chi connectivity index (χ0v) is 13.7. The first-order chi connectivity index (χ1) is 10.5. The average molecular weight is 330 g/mol. The predicted octanol–water partition coefficient (Wildman–Crippen LogP) is 1.70. The number of nitriles is 1. The van der Waals surface area contributed by atoms with Gasteiger partial charge < -0.3 is 10.6 Å². The minimum atomic E-state index is -0.332. The number of nitrogens with zero attached hydrogens (tertiary/aromatic N) is 4. The summed E-state index contributed by atoms with van der Waals surface area (Å²) in [5.74, 6) is 0.245. The molecule has 0 aliphatic carbocycles. The Morgan fingerprint density at radius 3 is 2.68 bits per heavy atom. The number of nitrogens with one attached hydrogen (secondary N) is 1. The number of benzene rings is 1. The van der Waals surface area contributed by atoms with Gasteiger partial charge in [-0.3, -0.25) is 10.4 Å². The van der Waals surface area contributed by atoms with Crippen molar-refractivity contribution in [2.45, 2.75) is 6.04 Å². The number of thiocarbonyl (C=S) groups is 1. The van der Waals surface area contributed by atoms with Crippen LogP contribution in [0.25, 0.3) is 0 Å². The maximum Gasteiger partial charge on any atom is 0.192 e. The molecule has 1 aromatic carbocycles. The third-order valence-corrected chi connectivity index (χ3v) is 4.56. The molecular weight excluding hydrogens is 316 g/mol. The molecule has 0 amide bonds. The van der Waals surface area contributed by atoms with Crippen LogP contribution in [0.3, 0.4) is 0 Å². The highest BCUT2D eigenvalue weighted by atomic mass is 32.2. The number of nitrogens with two attached hydrogens (primary N) is 1. The van der Waals surface area contributed by atoms with E-state index in [0.717, 1.165) is 11.3 Å². The van der Waals surface area contributed by atoms with E-state index >= 15 is 0 Å². The van der Waals surface area contributed by atoms with Crippen molar-refractivity contribution in [1.29, 1.82) is 5.26 Å². The van der Waals surface area contributed by atoms with Gasteiger partial charge in [0, 0.05) is 19.8 Å². The molecule has 0 saturated carbocycles. The van der Waals surface area contributed by atoms with Gasteiger partial charge in [0.1, 0.15) is 23.5 Å². The highest BCUT2D eigenvalue weighted by Gasteiger charge is 2.38. The van der Waals surface area contributed by atoms with Crippen LogP contribution < -0.4 is 16.1 Å². The van der Waals surface area contributed by atoms with Crippen LogP contribution in [0.1, 0.15) is 11.6 Å². The third kappa shape index (κ3) is 2.38. The van der Waals surface area contributed by atoms with E-state index in [4.69, 9.17) is 18.0 Å². The summed E-state index contributed by atoms with van der Waals surface area (Å²) in [6.45, 7) is 0. The molecule has 0 aromatic heterocycles. The third-order valence-electron chi connectivity index (χ3n) is 3.47. The summed E-state index contributed by atoms with van der Waals surface area (Å²) >= 11 is 6.52. The van der Waals surface area contributed by atoms with E-state index < -0.39 is 0 Å². The Morgan fingerprint density at radius 1 is 1.41 bits per heavy atom. The molecule has 1 aromatic rings. The molecule has 112 valence electrons. The maximum absolute atomic E-state index is 9.46. The van der Waals surface area contributed by atoms with E-state index in [0.29, 0.717) is 15.1 Å². The lowest BCUT2D eigenvalue weighted by atomic mass is 9.98. The van der Waals surface area contributed by atoms with Gasteiger partial charge in [-0.05, 0) is 29.5 Å². The second-order valence-electron chi connectivity index (χ2n) is 5.06. The Kier molecular flexibility index (Phi) is 3.68. The van der Waals surface area contributed by atoms with Gasteiger partial charge >= 0.3 is 0 Å². The van der Waals surface area contributed by atoms with E-state index in [-0.39, 0.29) is 11.9 Å². The number of aliphatic imine (C=N–C) groups is 1. The molecule has 0 spiro atoms. The minimum Gasteiger partial charge on any atom is -0.383 e. The maximum atomic E-state index is 9.46. The summed E-state index contributed by atoms with van der Waals surface area (Å²) in [7, 11) is 3.96. The van der Waals surface area contributed by atoms with E-state index in [1.807, 2.05) is 43.3 Å². The Labute approximate surface area is 138 Å². The van der Waals surface area contributed by atoms with Crippen LogP contribution in [-0.2, 0) is 0 Å². The van der Waals surface area contributed by atoms with Gasteiger partial charge in [0.15, 0.2) is 9.49 Å². The summed E-state index contributed by atoms with van der Waals surface area (Å²) in [6, 6.07) is 9.83. The molecule has 2 aliphatic rings. The smallest absolute Gasteiger partial charge is 0.192 e. The van der Waals surface area contributed by atoms with Crippen molar-refractivity contribution >= 4 is 39.2 Å². The molecule has 0 bridgehead atoms. The Hall–Kier alpha value is -2.24. The lowest BCUT2D eigenvalue weighted by Crippen LogP contribution is -2.42. The lowest BCUT2D eigenvalue weighted by molar-refractivity contribution is 0.325. The molecule has 1 fully saturated rings. The summed E-state index contributed by atoms with van der Waals surface area (Å²) in [4.78, 5) is 6.27. The number of amidine groups is 1. The van der Waals surface area contributed by atoms with Crippen LogP contribution in [0.15, 0.2) is 40.7 Å². The Bertz CT molecular complexity index is 729. The fourth-order valence-corrected chi connectivity index (χ4v) is 3.40. The zero-order chi connectivity index (χ0) is 15.9. The molecule has 1 saturated heterocycles. The predicted molar refractivity (Wildman–Crippen MR) is 92.9 cm³/mol. The summed E-state index contributed by atoms with van der Waals surface area (Å²) in [6.07, 6.45) is 0.